The van der Waals surface area contributed by atoms with Gasteiger partial charge in [0.2, 0.25) is 15.9 Å². The topological polar surface area (TPSA) is 66.5 Å². The normalized spacial score (nSPS) is 12.5. The van der Waals surface area contributed by atoms with E-state index in [1.807, 2.05) is 0 Å². The SMILES string of the molecule is CC[C@H](C(=O)NCc1ccc(Cl)cc1Cl)N(c1ccccc1)S(C)(=O)=O. The maximum atomic E-state index is 12.7. The molecule has 1 N–H and O–H groups in total. The summed E-state index contributed by atoms with van der Waals surface area (Å²) in [6.45, 7) is 1.94. The Hall–Kier alpha value is -1.76. The number of para-hydroxylation sites is 1. The summed E-state index contributed by atoms with van der Waals surface area (Å²) in [4.78, 5) is 12.7. The fraction of sp³-hybridized carbons (Fsp3) is 0.278. The molecule has 0 spiro atoms. The standard InChI is InChI=1S/C18H20Cl2N2O3S/c1-3-17(22(26(2,24)25)15-7-5-4-6-8-15)18(23)21-12-13-9-10-14(19)11-16(13)20/h4-11,17H,3,12H2,1-2H3,(H,21,23)/t17-/m1/s1. The maximum absolute atomic E-state index is 12.7. The molecule has 2 aromatic rings. The number of sulfonamides is 1. The molecule has 2 aromatic carbocycles. The number of hydrogen-bond acceptors (Lipinski definition) is 3. The van der Waals surface area contributed by atoms with Gasteiger partial charge in [0.25, 0.3) is 0 Å². The largest absolute Gasteiger partial charge is 0.350 e. The lowest BCUT2D eigenvalue weighted by Gasteiger charge is -2.30. The van der Waals surface area contributed by atoms with Crippen molar-refractivity contribution in [2.75, 3.05) is 10.6 Å². The Bertz CT molecular complexity index is 873. The van der Waals surface area contributed by atoms with Crippen LogP contribution in [0, 0.1) is 0 Å². The second-order valence-corrected chi connectivity index (χ2v) is 8.48. The Labute approximate surface area is 164 Å². The number of hydrogen-bond donors (Lipinski definition) is 1. The Morgan fingerprint density at radius 2 is 1.81 bits per heavy atom. The van der Waals surface area contributed by atoms with Gasteiger partial charge in [-0.1, -0.05) is 54.4 Å². The number of halogens is 2. The molecular formula is C18H20Cl2N2O3S. The first kappa shape index (κ1) is 20.6. The van der Waals surface area contributed by atoms with Crippen molar-refractivity contribution in [3.63, 3.8) is 0 Å². The molecule has 0 aliphatic heterocycles. The molecule has 0 bridgehead atoms. The lowest BCUT2D eigenvalue weighted by atomic mass is 10.1. The monoisotopic (exact) mass is 414 g/mol. The number of nitrogens with zero attached hydrogens (tertiary/aromatic N) is 1. The van der Waals surface area contributed by atoms with E-state index in [0.717, 1.165) is 10.6 Å². The first-order valence-corrected chi connectivity index (χ1v) is 10.6. The Balaban J connectivity index is 2.22. The van der Waals surface area contributed by atoms with Crippen molar-refractivity contribution in [3.05, 3.63) is 64.1 Å². The van der Waals surface area contributed by atoms with Crippen LogP contribution in [0.1, 0.15) is 18.9 Å². The van der Waals surface area contributed by atoms with E-state index >= 15 is 0 Å². The second kappa shape index (κ2) is 8.75. The van der Waals surface area contributed by atoms with Crippen LogP contribution in [0.2, 0.25) is 10.0 Å². The maximum Gasteiger partial charge on any atom is 0.244 e. The molecule has 5 nitrogen and oxygen atoms in total. The number of benzene rings is 2. The molecule has 1 atom stereocenters. The third-order valence-electron chi connectivity index (χ3n) is 3.81. The van der Waals surface area contributed by atoms with Crippen LogP contribution in [-0.4, -0.2) is 26.6 Å². The zero-order valence-corrected chi connectivity index (χ0v) is 16.8. The highest BCUT2D eigenvalue weighted by atomic mass is 35.5. The average molecular weight is 415 g/mol. The zero-order chi connectivity index (χ0) is 19.3. The van der Waals surface area contributed by atoms with Gasteiger partial charge in [0.15, 0.2) is 0 Å². The van der Waals surface area contributed by atoms with Gasteiger partial charge >= 0.3 is 0 Å². The number of carbonyl (C=O) groups excluding carboxylic acids is 1. The summed E-state index contributed by atoms with van der Waals surface area (Å²) in [5, 5.41) is 3.70. The third-order valence-corrected chi connectivity index (χ3v) is 5.58. The van der Waals surface area contributed by atoms with Crippen LogP contribution < -0.4 is 9.62 Å². The summed E-state index contributed by atoms with van der Waals surface area (Å²) in [6, 6.07) is 12.7. The Kier molecular flexibility index (Phi) is 6.92. The smallest absolute Gasteiger partial charge is 0.244 e. The van der Waals surface area contributed by atoms with Crippen LogP contribution in [-0.2, 0) is 21.4 Å². The van der Waals surface area contributed by atoms with Crippen molar-refractivity contribution in [2.24, 2.45) is 0 Å². The van der Waals surface area contributed by atoms with E-state index in [4.69, 9.17) is 23.2 Å². The van der Waals surface area contributed by atoms with E-state index in [2.05, 4.69) is 5.32 Å². The number of carbonyl (C=O) groups is 1. The van der Waals surface area contributed by atoms with Crippen LogP contribution >= 0.6 is 23.2 Å². The molecule has 140 valence electrons. The lowest BCUT2D eigenvalue weighted by molar-refractivity contribution is -0.122. The lowest BCUT2D eigenvalue weighted by Crippen LogP contribution is -2.49. The summed E-state index contributed by atoms with van der Waals surface area (Å²) >= 11 is 12.0. The van der Waals surface area contributed by atoms with Gasteiger partial charge in [0, 0.05) is 16.6 Å². The van der Waals surface area contributed by atoms with Gasteiger partial charge in [-0.25, -0.2) is 8.42 Å². The van der Waals surface area contributed by atoms with E-state index < -0.39 is 22.0 Å². The van der Waals surface area contributed by atoms with Crippen LogP contribution in [0.3, 0.4) is 0 Å². The van der Waals surface area contributed by atoms with Crippen LogP contribution in [0.5, 0.6) is 0 Å². The molecule has 0 radical (unpaired) electrons. The molecule has 0 heterocycles. The van der Waals surface area contributed by atoms with Gasteiger partial charge in [-0.05, 0) is 36.2 Å². The van der Waals surface area contributed by atoms with E-state index in [0.29, 0.717) is 27.7 Å². The van der Waals surface area contributed by atoms with Crippen molar-refractivity contribution in [1.82, 2.24) is 5.32 Å². The summed E-state index contributed by atoms with van der Waals surface area (Å²) in [5.41, 5.74) is 1.14. The van der Waals surface area contributed by atoms with Gasteiger partial charge in [0.1, 0.15) is 6.04 Å². The van der Waals surface area contributed by atoms with Crippen molar-refractivity contribution >= 4 is 44.8 Å². The molecule has 0 saturated carbocycles. The molecule has 26 heavy (non-hydrogen) atoms. The van der Waals surface area contributed by atoms with Crippen molar-refractivity contribution in [1.29, 1.82) is 0 Å². The summed E-state index contributed by atoms with van der Waals surface area (Å²) < 4.78 is 25.8. The van der Waals surface area contributed by atoms with E-state index in [1.54, 1.807) is 55.5 Å². The molecule has 0 aliphatic rings. The first-order valence-electron chi connectivity index (χ1n) is 8.00. The van der Waals surface area contributed by atoms with E-state index in [1.165, 1.54) is 0 Å². The molecule has 8 heteroatoms. The minimum Gasteiger partial charge on any atom is -0.350 e. The van der Waals surface area contributed by atoms with Gasteiger partial charge in [-0.3, -0.25) is 9.10 Å². The van der Waals surface area contributed by atoms with E-state index in [9.17, 15) is 13.2 Å². The summed E-state index contributed by atoms with van der Waals surface area (Å²) in [6.07, 6.45) is 1.41. The van der Waals surface area contributed by atoms with Crippen LogP contribution in [0.15, 0.2) is 48.5 Å². The van der Waals surface area contributed by atoms with Crippen molar-refractivity contribution < 1.29 is 13.2 Å². The molecule has 0 fully saturated rings. The molecule has 0 unspecified atom stereocenters. The van der Waals surface area contributed by atoms with Crippen LogP contribution in [0.4, 0.5) is 5.69 Å². The summed E-state index contributed by atoms with van der Waals surface area (Å²) in [7, 11) is -3.64. The van der Waals surface area contributed by atoms with Crippen molar-refractivity contribution in [2.45, 2.75) is 25.9 Å². The van der Waals surface area contributed by atoms with Crippen LogP contribution in [0.25, 0.3) is 0 Å². The molecule has 1 amide bonds. The molecule has 2 rings (SSSR count). The minimum atomic E-state index is -3.64. The average Bonchev–Trinajstić information content (AvgIpc) is 2.58. The number of anilines is 1. The fourth-order valence-corrected chi connectivity index (χ4v) is 4.29. The molecule has 0 aromatic heterocycles. The predicted octanol–water partition coefficient (Wildman–Crippen LogP) is 3.85. The number of nitrogens with one attached hydrogen (secondary N) is 1. The second-order valence-electron chi connectivity index (χ2n) is 5.77. The highest BCUT2D eigenvalue weighted by Gasteiger charge is 2.31. The van der Waals surface area contributed by atoms with Gasteiger partial charge < -0.3 is 5.32 Å². The first-order chi connectivity index (χ1) is 12.2. The zero-order valence-electron chi connectivity index (χ0n) is 14.4. The molecule has 0 saturated heterocycles. The highest BCUT2D eigenvalue weighted by molar-refractivity contribution is 7.92. The minimum absolute atomic E-state index is 0.178. The van der Waals surface area contributed by atoms with E-state index in [-0.39, 0.29) is 6.54 Å². The Morgan fingerprint density at radius 3 is 2.35 bits per heavy atom. The van der Waals surface area contributed by atoms with Gasteiger partial charge in [0.05, 0.1) is 11.9 Å². The van der Waals surface area contributed by atoms with Gasteiger partial charge in [-0.15, -0.1) is 0 Å². The quantitative estimate of drug-likeness (QED) is 0.747. The fourth-order valence-electron chi connectivity index (χ4n) is 2.60. The highest BCUT2D eigenvalue weighted by Crippen LogP contribution is 2.23. The number of rotatable bonds is 7. The third kappa shape index (κ3) is 5.13. The summed E-state index contributed by atoms with van der Waals surface area (Å²) in [5.74, 6) is -0.396. The van der Waals surface area contributed by atoms with Crippen molar-refractivity contribution in [3.8, 4) is 0 Å². The predicted molar refractivity (Wildman–Crippen MR) is 106 cm³/mol. The van der Waals surface area contributed by atoms with Gasteiger partial charge in [-0.2, -0.15) is 0 Å². The molecular weight excluding hydrogens is 395 g/mol. The molecule has 0 aliphatic carbocycles. The Morgan fingerprint density at radius 1 is 1.15 bits per heavy atom. The number of amides is 1.